The van der Waals surface area contributed by atoms with Gasteiger partial charge in [-0.1, -0.05) is 18.2 Å². The summed E-state index contributed by atoms with van der Waals surface area (Å²) in [5, 5.41) is 7.92. The summed E-state index contributed by atoms with van der Waals surface area (Å²) in [5.74, 6) is -0.991. The molecule has 2 heterocycles. The second kappa shape index (κ2) is 9.45. The molecule has 1 N–H and O–H groups in total. The van der Waals surface area contributed by atoms with Crippen molar-refractivity contribution in [1.29, 1.82) is 0 Å². The Morgan fingerprint density at radius 1 is 1.13 bits per heavy atom. The van der Waals surface area contributed by atoms with Gasteiger partial charge in [-0.15, -0.1) is 11.3 Å². The first-order chi connectivity index (χ1) is 14.3. The fourth-order valence-electron chi connectivity index (χ4n) is 2.94. The summed E-state index contributed by atoms with van der Waals surface area (Å²) in [6, 6.07) is 10.4. The number of nitrogens with zero attached hydrogens (tertiary/aromatic N) is 2. The molecule has 2 aromatic heterocycles. The van der Waals surface area contributed by atoms with Crippen LogP contribution in [0.5, 0.6) is 0 Å². The molecule has 8 nitrogen and oxygen atoms in total. The van der Waals surface area contributed by atoms with E-state index in [9.17, 15) is 19.2 Å². The number of aromatic nitrogens is 2. The Kier molecular flexibility index (Phi) is 6.73. The zero-order valence-corrected chi connectivity index (χ0v) is 17.5. The highest BCUT2D eigenvalue weighted by Crippen LogP contribution is 2.18. The van der Waals surface area contributed by atoms with Crippen molar-refractivity contribution in [3.8, 4) is 0 Å². The fourth-order valence-corrected chi connectivity index (χ4v) is 3.87. The molecule has 0 unspecified atom stereocenters. The Bertz CT molecular complexity index is 1160. The van der Waals surface area contributed by atoms with Gasteiger partial charge in [0, 0.05) is 30.8 Å². The van der Waals surface area contributed by atoms with E-state index in [0.717, 1.165) is 4.88 Å². The predicted molar refractivity (Wildman–Crippen MR) is 113 cm³/mol. The lowest BCUT2D eigenvalue weighted by Gasteiger charge is -2.08. The summed E-state index contributed by atoms with van der Waals surface area (Å²) in [6.45, 7) is 1.58. The third-order valence-corrected chi connectivity index (χ3v) is 5.58. The number of thiophene rings is 1. The molecular weight excluding hydrogens is 406 g/mol. The van der Waals surface area contributed by atoms with Gasteiger partial charge in [-0.05, 0) is 24.6 Å². The van der Waals surface area contributed by atoms with Crippen molar-refractivity contribution in [1.82, 2.24) is 15.1 Å². The van der Waals surface area contributed by atoms with E-state index in [2.05, 4.69) is 10.4 Å². The lowest BCUT2D eigenvalue weighted by Crippen LogP contribution is -2.23. The van der Waals surface area contributed by atoms with E-state index in [1.54, 1.807) is 30.3 Å². The molecule has 0 saturated heterocycles. The molecule has 0 aliphatic heterocycles. The van der Waals surface area contributed by atoms with Crippen LogP contribution in [0.2, 0.25) is 0 Å². The number of hydrogen-bond acceptors (Lipinski definition) is 7. The van der Waals surface area contributed by atoms with Crippen LogP contribution in [0.3, 0.4) is 0 Å². The van der Waals surface area contributed by atoms with Gasteiger partial charge in [0.05, 0.1) is 22.4 Å². The zero-order valence-electron chi connectivity index (χ0n) is 16.6. The Labute approximate surface area is 176 Å². The summed E-state index contributed by atoms with van der Waals surface area (Å²) in [4.78, 5) is 49.1. The summed E-state index contributed by atoms with van der Waals surface area (Å²) in [7, 11) is 1.52. The Hall–Kier alpha value is -3.33. The first-order valence-corrected chi connectivity index (χ1v) is 10.1. The standard InChI is InChI=1S/C21H21N3O5S/c1-13(25)22-10-9-14-7-8-19(30-14)18(26)12-29-20(27)11-17-15-5-3-4-6-16(15)21(28)24(2)23-17/h3-8H,9-12H2,1-2H3,(H,22,25). The normalized spacial score (nSPS) is 10.7. The smallest absolute Gasteiger partial charge is 0.312 e. The number of benzene rings is 1. The largest absolute Gasteiger partial charge is 0.457 e. The fraction of sp³-hybridized carbons (Fsp3) is 0.286. The van der Waals surface area contributed by atoms with Crippen LogP contribution >= 0.6 is 11.3 Å². The minimum absolute atomic E-state index is 0.101. The van der Waals surface area contributed by atoms with E-state index in [4.69, 9.17) is 4.74 Å². The molecule has 0 spiro atoms. The molecule has 1 amide bonds. The van der Waals surface area contributed by atoms with E-state index in [0.29, 0.717) is 34.3 Å². The van der Waals surface area contributed by atoms with Crippen LogP contribution in [0.25, 0.3) is 10.8 Å². The molecule has 0 radical (unpaired) electrons. The number of aryl methyl sites for hydroxylation is 1. The van der Waals surface area contributed by atoms with Gasteiger partial charge in [-0.3, -0.25) is 19.2 Å². The van der Waals surface area contributed by atoms with Crippen LogP contribution in [-0.2, 0) is 34.2 Å². The third kappa shape index (κ3) is 5.18. The van der Waals surface area contributed by atoms with Crippen LogP contribution in [0.15, 0.2) is 41.2 Å². The molecule has 0 atom stereocenters. The van der Waals surface area contributed by atoms with Gasteiger partial charge in [0.2, 0.25) is 11.7 Å². The molecule has 0 aliphatic rings. The number of rotatable bonds is 8. The van der Waals surface area contributed by atoms with Crippen molar-refractivity contribution in [2.75, 3.05) is 13.2 Å². The topological polar surface area (TPSA) is 107 Å². The highest BCUT2D eigenvalue weighted by Gasteiger charge is 2.16. The maximum absolute atomic E-state index is 12.3. The lowest BCUT2D eigenvalue weighted by atomic mass is 10.1. The molecular formula is C21H21N3O5S. The van der Waals surface area contributed by atoms with Crippen molar-refractivity contribution in [2.24, 2.45) is 7.05 Å². The molecule has 0 aliphatic carbocycles. The highest BCUT2D eigenvalue weighted by atomic mass is 32.1. The maximum atomic E-state index is 12.3. The average Bonchev–Trinajstić information content (AvgIpc) is 3.19. The number of Topliss-reactive ketones (excluding diaryl/α,β-unsaturated/α-hetero) is 1. The summed E-state index contributed by atoms with van der Waals surface area (Å²) >= 11 is 1.31. The number of carbonyl (C=O) groups excluding carboxylic acids is 3. The van der Waals surface area contributed by atoms with Gasteiger partial charge in [0.15, 0.2) is 6.61 Å². The van der Waals surface area contributed by atoms with Crippen molar-refractivity contribution in [3.63, 3.8) is 0 Å². The van der Waals surface area contributed by atoms with Crippen LogP contribution in [-0.4, -0.2) is 40.6 Å². The molecule has 0 fully saturated rings. The van der Waals surface area contributed by atoms with Gasteiger partial charge in [-0.2, -0.15) is 5.10 Å². The van der Waals surface area contributed by atoms with E-state index >= 15 is 0 Å². The van der Waals surface area contributed by atoms with Gasteiger partial charge in [-0.25, -0.2) is 4.68 Å². The first-order valence-electron chi connectivity index (χ1n) is 9.32. The van der Waals surface area contributed by atoms with E-state index in [1.165, 1.54) is 30.0 Å². The Balaban J connectivity index is 1.59. The lowest BCUT2D eigenvalue weighted by molar-refractivity contribution is -0.141. The van der Waals surface area contributed by atoms with Crippen molar-refractivity contribution >= 4 is 39.8 Å². The number of amides is 1. The summed E-state index contributed by atoms with van der Waals surface area (Å²) in [5.41, 5.74) is 0.173. The van der Waals surface area contributed by atoms with Crippen molar-refractivity contribution in [3.05, 3.63) is 62.2 Å². The molecule has 1 aromatic carbocycles. The maximum Gasteiger partial charge on any atom is 0.312 e. The van der Waals surface area contributed by atoms with Crippen LogP contribution in [0, 0.1) is 0 Å². The molecule has 30 heavy (non-hydrogen) atoms. The number of carbonyl (C=O) groups is 3. The number of nitrogens with one attached hydrogen (secondary N) is 1. The van der Waals surface area contributed by atoms with E-state index < -0.39 is 5.97 Å². The van der Waals surface area contributed by atoms with Crippen molar-refractivity contribution in [2.45, 2.75) is 19.8 Å². The zero-order chi connectivity index (χ0) is 21.7. The Morgan fingerprint density at radius 3 is 2.60 bits per heavy atom. The number of ketones is 1. The monoisotopic (exact) mass is 427 g/mol. The second-order valence-electron chi connectivity index (χ2n) is 6.68. The SMILES string of the molecule is CC(=O)NCCc1ccc(C(=O)COC(=O)Cc2nn(C)c(=O)c3ccccc23)s1. The Morgan fingerprint density at radius 2 is 1.87 bits per heavy atom. The minimum atomic E-state index is -0.595. The number of ether oxygens (including phenoxy) is 1. The second-order valence-corrected chi connectivity index (χ2v) is 7.85. The first kappa shape index (κ1) is 21.4. The molecule has 3 rings (SSSR count). The number of esters is 1. The minimum Gasteiger partial charge on any atom is -0.457 e. The number of fused-ring (bicyclic) bond motifs is 1. The third-order valence-electron chi connectivity index (χ3n) is 4.39. The number of hydrogen-bond donors (Lipinski definition) is 1. The van der Waals surface area contributed by atoms with Gasteiger partial charge in [0.1, 0.15) is 0 Å². The quantitative estimate of drug-likeness (QED) is 0.433. The average molecular weight is 427 g/mol. The molecule has 156 valence electrons. The summed E-state index contributed by atoms with van der Waals surface area (Å²) < 4.78 is 6.32. The molecule has 3 aromatic rings. The van der Waals surface area contributed by atoms with Crippen LogP contribution in [0.1, 0.15) is 27.2 Å². The van der Waals surface area contributed by atoms with E-state index in [1.807, 2.05) is 6.07 Å². The molecule has 0 bridgehead atoms. The predicted octanol–water partition coefficient (Wildman–Crippen LogP) is 1.64. The molecule has 0 saturated carbocycles. The highest BCUT2D eigenvalue weighted by molar-refractivity contribution is 7.14. The van der Waals surface area contributed by atoms with Crippen LogP contribution < -0.4 is 10.9 Å². The van der Waals surface area contributed by atoms with E-state index in [-0.39, 0.29) is 30.3 Å². The van der Waals surface area contributed by atoms with Gasteiger partial charge >= 0.3 is 5.97 Å². The van der Waals surface area contributed by atoms with Crippen molar-refractivity contribution < 1.29 is 19.1 Å². The van der Waals surface area contributed by atoms with Gasteiger partial charge < -0.3 is 10.1 Å². The van der Waals surface area contributed by atoms with Gasteiger partial charge in [0.25, 0.3) is 5.56 Å². The molecule has 9 heteroatoms. The van der Waals surface area contributed by atoms with Crippen LogP contribution in [0.4, 0.5) is 0 Å². The summed E-state index contributed by atoms with van der Waals surface area (Å²) in [6.07, 6.45) is 0.483.